The molecule has 3 aliphatic rings. The van der Waals surface area contributed by atoms with Gasteiger partial charge in [-0.05, 0) is 49.7 Å². The van der Waals surface area contributed by atoms with Crippen molar-refractivity contribution in [3.8, 4) is 0 Å². The molecule has 6 heteroatoms. The highest BCUT2D eigenvalue weighted by atomic mass is 32.2. The first-order chi connectivity index (χ1) is 10.7. The average molecular weight is 322 g/mol. The van der Waals surface area contributed by atoms with Crippen molar-refractivity contribution < 1.29 is 12.8 Å². The molecule has 0 saturated carbocycles. The number of hydrogen-bond acceptors (Lipinski definition) is 3. The molecule has 0 aromatic carbocycles. The topological polar surface area (TPSA) is 53.8 Å². The molecule has 3 heterocycles. The van der Waals surface area contributed by atoms with E-state index >= 15 is 0 Å². The highest BCUT2D eigenvalue weighted by Gasteiger charge is 2.45. The second-order valence-corrected chi connectivity index (χ2v) is 8.45. The van der Waals surface area contributed by atoms with Gasteiger partial charge in [0.15, 0.2) is 0 Å². The zero-order chi connectivity index (χ0) is 15.2. The molecule has 4 rings (SSSR count). The largest absolute Gasteiger partial charge is 0.468 e. The molecule has 2 fully saturated rings. The Balaban J connectivity index is 1.56. The van der Waals surface area contributed by atoms with E-state index in [2.05, 4.69) is 12.2 Å². The molecule has 22 heavy (non-hydrogen) atoms. The van der Waals surface area contributed by atoms with Crippen molar-refractivity contribution in [1.29, 1.82) is 0 Å². The van der Waals surface area contributed by atoms with Gasteiger partial charge in [0.05, 0.1) is 12.3 Å². The van der Waals surface area contributed by atoms with E-state index in [1.165, 1.54) is 0 Å². The van der Waals surface area contributed by atoms with Crippen LogP contribution in [0.15, 0.2) is 35.0 Å². The van der Waals surface area contributed by atoms with E-state index in [0.29, 0.717) is 31.5 Å². The Hall–Kier alpha value is -1.11. The fourth-order valence-electron chi connectivity index (χ4n) is 4.09. The molecule has 1 aromatic rings. The second kappa shape index (κ2) is 5.51. The summed E-state index contributed by atoms with van der Waals surface area (Å²) in [6, 6.07) is 3.57. The summed E-state index contributed by atoms with van der Waals surface area (Å²) in [6.07, 6.45) is 9.77. The highest BCUT2D eigenvalue weighted by Crippen LogP contribution is 2.39. The Morgan fingerprint density at radius 2 is 1.86 bits per heavy atom. The first-order valence-corrected chi connectivity index (χ1v) is 9.51. The molecule has 0 bridgehead atoms. The first kappa shape index (κ1) is 14.5. The maximum atomic E-state index is 13.1. The fourth-order valence-corrected chi connectivity index (χ4v) is 6.04. The summed E-state index contributed by atoms with van der Waals surface area (Å²) < 4.78 is 35.0. The van der Waals surface area contributed by atoms with Crippen molar-refractivity contribution in [2.75, 3.05) is 19.6 Å². The lowest BCUT2D eigenvalue weighted by molar-refractivity contribution is 0.310. The number of rotatable bonds is 3. The van der Waals surface area contributed by atoms with Gasteiger partial charge in [-0.25, -0.2) is 0 Å². The van der Waals surface area contributed by atoms with Crippen LogP contribution >= 0.6 is 0 Å². The Kier molecular flexibility index (Phi) is 3.63. The predicted octanol–water partition coefficient (Wildman–Crippen LogP) is 2.56. The third kappa shape index (κ3) is 2.33. The summed E-state index contributed by atoms with van der Waals surface area (Å²) in [4.78, 5) is 0. The van der Waals surface area contributed by atoms with Gasteiger partial charge < -0.3 is 4.42 Å². The van der Waals surface area contributed by atoms with E-state index in [9.17, 15) is 8.42 Å². The standard InChI is InChI=1S/C16H22N2O3S/c19-22(20,17-11-13-5-1-2-6-14(13)12-17)18-9-3-7-15(18)16-8-4-10-21-16/h1-2,4,8,10,13-15H,3,5-7,9,11-12H2/t13-,14-,15-/m0/s1. The van der Waals surface area contributed by atoms with Crippen molar-refractivity contribution in [2.45, 2.75) is 31.7 Å². The van der Waals surface area contributed by atoms with E-state index in [1.807, 2.05) is 12.1 Å². The molecule has 0 spiro atoms. The molecular formula is C16H22N2O3S. The maximum Gasteiger partial charge on any atom is 0.282 e. The molecule has 0 N–H and O–H groups in total. The van der Waals surface area contributed by atoms with Crippen LogP contribution in [0.2, 0.25) is 0 Å². The number of fused-ring (bicyclic) bond motifs is 1. The SMILES string of the molecule is O=S(=O)(N1C[C@@H]2CC=CC[C@H]2C1)N1CCC[C@H]1c1ccco1. The summed E-state index contributed by atoms with van der Waals surface area (Å²) >= 11 is 0. The fraction of sp³-hybridized carbons (Fsp3) is 0.625. The predicted molar refractivity (Wildman–Crippen MR) is 83.2 cm³/mol. The Bertz CT molecular complexity index is 637. The lowest BCUT2D eigenvalue weighted by Gasteiger charge is -2.27. The van der Waals surface area contributed by atoms with Crippen LogP contribution in [0.1, 0.15) is 37.5 Å². The third-order valence-electron chi connectivity index (χ3n) is 5.29. The number of hydrogen-bond donors (Lipinski definition) is 0. The Morgan fingerprint density at radius 3 is 2.50 bits per heavy atom. The molecule has 2 aliphatic heterocycles. The Labute approximate surface area is 131 Å². The van der Waals surface area contributed by atoms with Crippen molar-refractivity contribution in [2.24, 2.45) is 11.8 Å². The molecule has 0 unspecified atom stereocenters. The maximum absolute atomic E-state index is 13.1. The molecule has 5 nitrogen and oxygen atoms in total. The smallest absolute Gasteiger partial charge is 0.282 e. The average Bonchev–Trinajstić information content (AvgIpc) is 3.25. The minimum Gasteiger partial charge on any atom is -0.468 e. The third-order valence-corrected chi connectivity index (χ3v) is 7.27. The highest BCUT2D eigenvalue weighted by molar-refractivity contribution is 7.86. The molecule has 1 aromatic heterocycles. The van der Waals surface area contributed by atoms with Crippen LogP contribution in [0.5, 0.6) is 0 Å². The van der Waals surface area contributed by atoms with Gasteiger partial charge in [-0.3, -0.25) is 0 Å². The summed E-state index contributed by atoms with van der Waals surface area (Å²) in [5.41, 5.74) is 0. The van der Waals surface area contributed by atoms with Gasteiger partial charge in [-0.1, -0.05) is 12.2 Å². The minimum absolute atomic E-state index is 0.138. The van der Waals surface area contributed by atoms with Crippen molar-refractivity contribution in [3.63, 3.8) is 0 Å². The molecule has 1 aliphatic carbocycles. The van der Waals surface area contributed by atoms with Crippen molar-refractivity contribution in [3.05, 3.63) is 36.3 Å². The second-order valence-electron chi connectivity index (χ2n) is 6.57. The quantitative estimate of drug-likeness (QED) is 0.804. The van der Waals surface area contributed by atoms with E-state index < -0.39 is 10.2 Å². The number of nitrogens with zero attached hydrogens (tertiary/aromatic N) is 2. The molecular weight excluding hydrogens is 300 g/mol. The van der Waals surface area contributed by atoms with Crippen LogP contribution in [-0.2, 0) is 10.2 Å². The van der Waals surface area contributed by atoms with E-state index in [-0.39, 0.29) is 6.04 Å². The van der Waals surface area contributed by atoms with Crippen LogP contribution in [-0.4, -0.2) is 36.7 Å². The van der Waals surface area contributed by atoms with Gasteiger partial charge >= 0.3 is 0 Å². The zero-order valence-electron chi connectivity index (χ0n) is 12.6. The van der Waals surface area contributed by atoms with Crippen LogP contribution in [0, 0.1) is 11.8 Å². The van der Waals surface area contributed by atoms with Gasteiger partial charge in [-0.15, -0.1) is 0 Å². The van der Waals surface area contributed by atoms with Crippen molar-refractivity contribution in [1.82, 2.24) is 8.61 Å². The zero-order valence-corrected chi connectivity index (χ0v) is 13.4. The van der Waals surface area contributed by atoms with Gasteiger partial charge in [-0.2, -0.15) is 17.0 Å². The number of allylic oxidation sites excluding steroid dienone is 2. The van der Waals surface area contributed by atoms with E-state index in [1.54, 1.807) is 14.9 Å². The lowest BCUT2D eigenvalue weighted by atomic mass is 9.86. The van der Waals surface area contributed by atoms with Crippen LogP contribution < -0.4 is 0 Å². The van der Waals surface area contributed by atoms with Gasteiger partial charge in [0.1, 0.15) is 5.76 Å². The van der Waals surface area contributed by atoms with Gasteiger partial charge in [0.25, 0.3) is 10.2 Å². The van der Waals surface area contributed by atoms with Crippen LogP contribution in [0.3, 0.4) is 0 Å². The Morgan fingerprint density at radius 1 is 1.14 bits per heavy atom. The van der Waals surface area contributed by atoms with E-state index in [4.69, 9.17) is 4.42 Å². The van der Waals surface area contributed by atoms with Crippen LogP contribution in [0.25, 0.3) is 0 Å². The minimum atomic E-state index is -3.39. The first-order valence-electron chi connectivity index (χ1n) is 8.11. The van der Waals surface area contributed by atoms with Crippen LogP contribution in [0.4, 0.5) is 0 Å². The molecule has 3 atom stereocenters. The number of furan rings is 1. The van der Waals surface area contributed by atoms with Gasteiger partial charge in [0.2, 0.25) is 0 Å². The van der Waals surface area contributed by atoms with Gasteiger partial charge in [0, 0.05) is 19.6 Å². The normalized spacial score (nSPS) is 33.4. The summed E-state index contributed by atoms with van der Waals surface area (Å²) in [5.74, 6) is 1.74. The van der Waals surface area contributed by atoms with E-state index in [0.717, 1.165) is 31.4 Å². The molecule has 0 amide bonds. The summed E-state index contributed by atoms with van der Waals surface area (Å²) in [6.45, 7) is 1.93. The van der Waals surface area contributed by atoms with Crippen molar-refractivity contribution >= 4 is 10.2 Å². The summed E-state index contributed by atoms with van der Waals surface area (Å²) in [5, 5.41) is 0. The molecule has 2 saturated heterocycles. The summed E-state index contributed by atoms with van der Waals surface area (Å²) in [7, 11) is -3.39. The molecule has 120 valence electrons. The molecule has 0 radical (unpaired) electrons. The monoisotopic (exact) mass is 322 g/mol. The lowest BCUT2D eigenvalue weighted by Crippen LogP contribution is -2.42.